The molecule has 0 radical (unpaired) electrons. The first-order valence-electron chi connectivity index (χ1n) is 5.98. The SMILES string of the molecule is COc1ccc(Cl)cc1COc1ccc(F)cc1CO. The van der Waals surface area contributed by atoms with E-state index in [1.807, 2.05) is 0 Å². The summed E-state index contributed by atoms with van der Waals surface area (Å²) in [6.45, 7) is -0.0812. The largest absolute Gasteiger partial charge is 0.496 e. The van der Waals surface area contributed by atoms with Gasteiger partial charge in [-0.05, 0) is 36.4 Å². The van der Waals surface area contributed by atoms with Gasteiger partial charge in [-0.2, -0.15) is 0 Å². The van der Waals surface area contributed by atoms with Gasteiger partial charge in [0.05, 0.1) is 13.7 Å². The maximum absolute atomic E-state index is 13.1. The van der Waals surface area contributed by atoms with Crippen LogP contribution in [0.5, 0.6) is 11.5 Å². The summed E-state index contributed by atoms with van der Waals surface area (Å²) in [4.78, 5) is 0. The van der Waals surface area contributed by atoms with Crippen LogP contribution in [-0.2, 0) is 13.2 Å². The molecule has 0 aliphatic rings. The molecule has 5 heteroatoms. The molecule has 0 aromatic heterocycles. The van der Waals surface area contributed by atoms with E-state index in [1.54, 1.807) is 25.3 Å². The molecule has 3 nitrogen and oxygen atoms in total. The standard InChI is InChI=1S/C15H14ClFO3/c1-19-14-4-2-12(16)6-11(14)9-20-15-5-3-13(17)7-10(15)8-18/h2-7,18H,8-9H2,1H3. The van der Waals surface area contributed by atoms with Crippen LogP contribution in [0, 0.1) is 5.82 Å². The zero-order valence-electron chi connectivity index (χ0n) is 10.9. The first kappa shape index (κ1) is 14.6. The third kappa shape index (κ3) is 3.40. The number of hydrogen-bond acceptors (Lipinski definition) is 3. The number of methoxy groups -OCH3 is 1. The predicted octanol–water partition coefficient (Wildman–Crippen LogP) is 3.56. The second-order valence-electron chi connectivity index (χ2n) is 4.16. The molecule has 0 fully saturated rings. The number of benzene rings is 2. The van der Waals surface area contributed by atoms with Crippen LogP contribution in [0.25, 0.3) is 0 Å². The van der Waals surface area contributed by atoms with Gasteiger partial charge in [0.15, 0.2) is 0 Å². The van der Waals surface area contributed by atoms with Crippen molar-refractivity contribution < 1.29 is 19.0 Å². The Kier molecular flexibility index (Phi) is 4.82. The van der Waals surface area contributed by atoms with E-state index in [1.165, 1.54) is 18.2 Å². The van der Waals surface area contributed by atoms with E-state index < -0.39 is 5.82 Å². The number of hydrogen-bond donors (Lipinski definition) is 1. The molecule has 0 saturated heterocycles. The minimum atomic E-state index is -0.415. The average molecular weight is 297 g/mol. The van der Waals surface area contributed by atoms with Crippen LogP contribution in [0.1, 0.15) is 11.1 Å². The molecule has 0 atom stereocenters. The summed E-state index contributed by atoms with van der Waals surface area (Å²) in [6.07, 6.45) is 0. The van der Waals surface area contributed by atoms with Crippen LogP contribution in [0.2, 0.25) is 5.02 Å². The molecule has 2 aromatic carbocycles. The molecule has 2 aromatic rings. The molecular weight excluding hydrogens is 283 g/mol. The summed E-state index contributed by atoms with van der Waals surface area (Å²) >= 11 is 5.93. The zero-order chi connectivity index (χ0) is 14.5. The average Bonchev–Trinajstić information content (AvgIpc) is 2.46. The van der Waals surface area contributed by atoms with Crippen molar-refractivity contribution in [1.82, 2.24) is 0 Å². The Labute approximate surface area is 121 Å². The lowest BCUT2D eigenvalue weighted by molar-refractivity contribution is 0.256. The quantitative estimate of drug-likeness (QED) is 0.917. The van der Waals surface area contributed by atoms with Gasteiger partial charge in [0.1, 0.15) is 23.9 Å². The highest BCUT2D eigenvalue weighted by atomic mass is 35.5. The Morgan fingerprint density at radius 3 is 2.55 bits per heavy atom. The Bertz CT molecular complexity index is 602. The molecule has 0 unspecified atom stereocenters. The Balaban J connectivity index is 2.18. The zero-order valence-corrected chi connectivity index (χ0v) is 11.7. The van der Waals surface area contributed by atoms with E-state index in [0.717, 1.165) is 5.56 Å². The molecule has 0 saturated carbocycles. The highest BCUT2D eigenvalue weighted by molar-refractivity contribution is 6.30. The minimum absolute atomic E-state index is 0.211. The molecule has 0 heterocycles. The predicted molar refractivity (Wildman–Crippen MR) is 74.7 cm³/mol. The van der Waals surface area contributed by atoms with Crippen LogP contribution in [-0.4, -0.2) is 12.2 Å². The van der Waals surface area contributed by atoms with Gasteiger partial charge in [-0.25, -0.2) is 4.39 Å². The van der Waals surface area contributed by atoms with Gasteiger partial charge in [0, 0.05) is 16.1 Å². The Morgan fingerprint density at radius 1 is 1.10 bits per heavy atom. The lowest BCUT2D eigenvalue weighted by atomic mass is 10.2. The van der Waals surface area contributed by atoms with Crippen molar-refractivity contribution in [3.8, 4) is 11.5 Å². The highest BCUT2D eigenvalue weighted by Crippen LogP contribution is 2.26. The number of aliphatic hydroxyl groups excluding tert-OH is 1. The van der Waals surface area contributed by atoms with Crippen molar-refractivity contribution in [2.24, 2.45) is 0 Å². The number of rotatable bonds is 5. The van der Waals surface area contributed by atoms with Gasteiger partial charge in [0.2, 0.25) is 0 Å². The van der Waals surface area contributed by atoms with E-state index in [9.17, 15) is 9.50 Å². The van der Waals surface area contributed by atoms with Gasteiger partial charge < -0.3 is 14.6 Å². The second-order valence-corrected chi connectivity index (χ2v) is 4.59. The van der Waals surface area contributed by atoms with E-state index in [-0.39, 0.29) is 13.2 Å². The molecule has 0 aliphatic carbocycles. The third-order valence-corrected chi connectivity index (χ3v) is 3.05. The fraction of sp³-hybridized carbons (Fsp3) is 0.200. The van der Waals surface area contributed by atoms with Gasteiger partial charge in [-0.3, -0.25) is 0 Å². The molecule has 106 valence electrons. The lowest BCUT2D eigenvalue weighted by Crippen LogP contribution is -2.01. The molecular formula is C15H14ClFO3. The fourth-order valence-corrected chi connectivity index (χ4v) is 2.02. The lowest BCUT2D eigenvalue weighted by Gasteiger charge is -2.13. The topological polar surface area (TPSA) is 38.7 Å². The Morgan fingerprint density at radius 2 is 1.85 bits per heavy atom. The minimum Gasteiger partial charge on any atom is -0.496 e. The molecule has 1 N–H and O–H groups in total. The molecule has 0 amide bonds. The fourth-order valence-electron chi connectivity index (χ4n) is 1.83. The van der Waals surface area contributed by atoms with Crippen molar-refractivity contribution in [2.45, 2.75) is 13.2 Å². The van der Waals surface area contributed by atoms with Crippen LogP contribution in [0.4, 0.5) is 4.39 Å². The van der Waals surface area contributed by atoms with Crippen LogP contribution in [0.3, 0.4) is 0 Å². The summed E-state index contributed by atoms with van der Waals surface area (Å²) in [5, 5.41) is 9.77. The summed E-state index contributed by atoms with van der Waals surface area (Å²) < 4.78 is 23.9. The first-order chi connectivity index (χ1) is 9.63. The van der Waals surface area contributed by atoms with Crippen LogP contribution < -0.4 is 9.47 Å². The van der Waals surface area contributed by atoms with E-state index >= 15 is 0 Å². The third-order valence-electron chi connectivity index (χ3n) is 2.82. The first-order valence-corrected chi connectivity index (χ1v) is 6.36. The van der Waals surface area contributed by atoms with Crippen molar-refractivity contribution in [3.63, 3.8) is 0 Å². The van der Waals surface area contributed by atoms with Gasteiger partial charge in [-0.15, -0.1) is 0 Å². The number of aliphatic hydroxyl groups is 1. The van der Waals surface area contributed by atoms with Gasteiger partial charge in [-0.1, -0.05) is 11.6 Å². The van der Waals surface area contributed by atoms with Crippen LogP contribution >= 0.6 is 11.6 Å². The summed E-state index contributed by atoms with van der Waals surface area (Å²) in [7, 11) is 1.56. The maximum Gasteiger partial charge on any atom is 0.125 e. The Hall–Kier alpha value is -1.78. The van der Waals surface area contributed by atoms with Crippen molar-refractivity contribution in [2.75, 3.05) is 7.11 Å². The molecule has 0 spiro atoms. The van der Waals surface area contributed by atoms with Crippen LogP contribution in [0.15, 0.2) is 36.4 Å². The number of ether oxygens (including phenoxy) is 2. The van der Waals surface area contributed by atoms with Crippen molar-refractivity contribution in [3.05, 3.63) is 58.4 Å². The smallest absolute Gasteiger partial charge is 0.125 e. The van der Waals surface area contributed by atoms with Gasteiger partial charge in [0.25, 0.3) is 0 Å². The number of halogens is 2. The summed E-state index contributed by atoms with van der Waals surface area (Å²) in [5.74, 6) is 0.666. The highest BCUT2D eigenvalue weighted by Gasteiger charge is 2.08. The maximum atomic E-state index is 13.1. The van der Waals surface area contributed by atoms with E-state index in [2.05, 4.69) is 0 Å². The normalized spacial score (nSPS) is 10.4. The van der Waals surface area contributed by atoms with Gasteiger partial charge >= 0.3 is 0 Å². The van der Waals surface area contributed by atoms with E-state index in [4.69, 9.17) is 21.1 Å². The summed E-state index contributed by atoms with van der Waals surface area (Å²) in [5.41, 5.74) is 1.17. The van der Waals surface area contributed by atoms with Crippen molar-refractivity contribution in [1.29, 1.82) is 0 Å². The summed E-state index contributed by atoms with van der Waals surface area (Å²) in [6, 6.07) is 9.22. The van der Waals surface area contributed by atoms with E-state index in [0.29, 0.717) is 22.1 Å². The molecule has 0 aliphatic heterocycles. The second kappa shape index (κ2) is 6.59. The monoisotopic (exact) mass is 296 g/mol. The molecule has 2 rings (SSSR count). The molecule has 20 heavy (non-hydrogen) atoms. The molecule has 0 bridgehead atoms. The van der Waals surface area contributed by atoms with Crippen molar-refractivity contribution >= 4 is 11.6 Å².